The Labute approximate surface area is 114 Å². The van der Waals surface area contributed by atoms with Crippen LogP contribution in [0.15, 0.2) is 4.52 Å². The van der Waals surface area contributed by atoms with Gasteiger partial charge in [-0.15, -0.1) is 0 Å². The quantitative estimate of drug-likeness (QED) is 0.835. The van der Waals surface area contributed by atoms with Crippen LogP contribution in [0.4, 0.5) is 0 Å². The first-order valence-corrected chi connectivity index (χ1v) is 7.64. The molecule has 2 aliphatic carbocycles. The maximum absolute atomic E-state index is 11.9. The lowest BCUT2D eigenvalue weighted by atomic mass is 9.88. The molecule has 0 spiro atoms. The molecule has 104 valence electrons. The Kier molecular flexibility index (Phi) is 3.67. The van der Waals surface area contributed by atoms with Gasteiger partial charge in [-0.1, -0.05) is 24.9 Å². The van der Waals surface area contributed by atoms with Gasteiger partial charge in [0.2, 0.25) is 5.89 Å². The van der Waals surface area contributed by atoms with Crippen molar-refractivity contribution in [2.45, 2.75) is 70.1 Å². The van der Waals surface area contributed by atoms with Crippen LogP contribution in [-0.2, 0) is 4.79 Å². The van der Waals surface area contributed by atoms with Crippen molar-refractivity contribution >= 4 is 5.78 Å². The van der Waals surface area contributed by atoms with Crippen LogP contribution in [0.2, 0.25) is 0 Å². The van der Waals surface area contributed by atoms with Gasteiger partial charge in [-0.2, -0.15) is 4.98 Å². The highest BCUT2D eigenvalue weighted by Gasteiger charge is 2.32. The second-order valence-electron chi connectivity index (χ2n) is 6.04. The predicted molar refractivity (Wildman–Crippen MR) is 70.9 cm³/mol. The Morgan fingerprint density at radius 1 is 1.26 bits per heavy atom. The van der Waals surface area contributed by atoms with Crippen molar-refractivity contribution in [1.82, 2.24) is 10.1 Å². The Bertz CT molecular complexity index is 455. The molecule has 4 heteroatoms. The standard InChI is InChI=1S/C15H22N2O2/c1-2-10-7-8-11(9-10)14-16-15(19-17-14)12-5-3-4-6-13(12)18/h10-12H,2-9H2,1H3. The first-order valence-electron chi connectivity index (χ1n) is 7.64. The van der Waals surface area contributed by atoms with Gasteiger partial charge in [-0.05, 0) is 38.0 Å². The first-order chi connectivity index (χ1) is 9.28. The highest BCUT2D eigenvalue weighted by atomic mass is 16.5. The third kappa shape index (κ3) is 2.58. The summed E-state index contributed by atoms with van der Waals surface area (Å²) in [5, 5.41) is 4.14. The van der Waals surface area contributed by atoms with Crippen LogP contribution in [0.25, 0.3) is 0 Å². The van der Waals surface area contributed by atoms with Gasteiger partial charge in [-0.25, -0.2) is 0 Å². The average molecular weight is 262 g/mol. The Morgan fingerprint density at radius 3 is 2.89 bits per heavy atom. The minimum atomic E-state index is -0.127. The molecular weight excluding hydrogens is 240 g/mol. The van der Waals surface area contributed by atoms with Gasteiger partial charge < -0.3 is 4.52 Å². The fourth-order valence-corrected chi connectivity index (χ4v) is 3.48. The molecule has 0 amide bonds. The van der Waals surface area contributed by atoms with Crippen LogP contribution >= 0.6 is 0 Å². The van der Waals surface area contributed by atoms with E-state index in [-0.39, 0.29) is 11.7 Å². The number of hydrogen-bond acceptors (Lipinski definition) is 4. The zero-order chi connectivity index (χ0) is 13.2. The van der Waals surface area contributed by atoms with Crippen molar-refractivity contribution in [2.75, 3.05) is 0 Å². The number of ketones is 1. The molecule has 2 saturated carbocycles. The summed E-state index contributed by atoms with van der Waals surface area (Å²) in [5.74, 6) is 2.81. The fraction of sp³-hybridized carbons (Fsp3) is 0.800. The third-order valence-electron chi connectivity index (χ3n) is 4.79. The molecule has 1 aromatic heterocycles. The molecule has 3 rings (SSSR count). The number of nitrogens with zero attached hydrogens (tertiary/aromatic N) is 2. The van der Waals surface area contributed by atoms with Crippen LogP contribution in [-0.4, -0.2) is 15.9 Å². The summed E-state index contributed by atoms with van der Waals surface area (Å²) in [6.45, 7) is 2.25. The highest BCUT2D eigenvalue weighted by molar-refractivity contribution is 5.85. The minimum absolute atomic E-state index is 0.127. The molecule has 19 heavy (non-hydrogen) atoms. The van der Waals surface area contributed by atoms with Crippen molar-refractivity contribution in [3.05, 3.63) is 11.7 Å². The van der Waals surface area contributed by atoms with Crippen molar-refractivity contribution in [3.8, 4) is 0 Å². The van der Waals surface area contributed by atoms with Crippen LogP contribution < -0.4 is 0 Å². The van der Waals surface area contributed by atoms with Gasteiger partial charge >= 0.3 is 0 Å². The molecule has 0 radical (unpaired) electrons. The summed E-state index contributed by atoms with van der Waals surface area (Å²) in [7, 11) is 0. The highest BCUT2D eigenvalue weighted by Crippen LogP contribution is 2.39. The molecule has 2 fully saturated rings. The topological polar surface area (TPSA) is 56.0 Å². The summed E-state index contributed by atoms with van der Waals surface area (Å²) in [6.07, 6.45) is 8.50. The molecule has 0 aromatic carbocycles. The number of rotatable bonds is 3. The van der Waals surface area contributed by atoms with Crippen LogP contribution in [0.1, 0.15) is 81.8 Å². The summed E-state index contributed by atoms with van der Waals surface area (Å²) in [4.78, 5) is 16.4. The van der Waals surface area contributed by atoms with E-state index >= 15 is 0 Å². The van der Waals surface area contributed by atoms with E-state index in [1.54, 1.807) is 0 Å². The molecule has 0 aliphatic heterocycles. The summed E-state index contributed by atoms with van der Waals surface area (Å²) < 4.78 is 5.37. The summed E-state index contributed by atoms with van der Waals surface area (Å²) in [5.41, 5.74) is 0. The van der Waals surface area contributed by atoms with Crippen molar-refractivity contribution < 1.29 is 9.32 Å². The number of aromatic nitrogens is 2. The second kappa shape index (κ2) is 5.43. The molecule has 0 saturated heterocycles. The van der Waals surface area contributed by atoms with Gasteiger partial charge in [0.05, 0.1) is 5.92 Å². The molecule has 3 atom stereocenters. The molecular formula is C15H22N2O2. The molecule has 1 heterocycles. The number of hydrogen-bond donors (Lipinski definition) is 0. The third-order valence-corrected chi connectivity index (χ3v) is 4.79. The lowest BCUT2D eigenvalue weighted by Gasteiger charge is -2.16. The first kappa shape index (κ1) is 12.8. The van der Waals surface area contributed by atoms with E-state index in [9.17, 15) is 4.79 Å². The van der Waals surface area contributed by atoms with E-state index in [1.807, 2.05) is 0 Å². The maximum Gasteiger partial charge on any atom is 0.237 e. The summed E-state index contributed by atoms with van der Waals surface area (Å²) >= 11 is 0. The average Bonchev–Trinajstić information content (AvgIpc) is 3.08. The molecule has 0 bridgehead atoms. The van der Waals surface area contributed by atoms with Gasteiger partial charge in [0.15, 0.2) is 5.82 Å². The number of Topliss-reactive ketones (excluding diaryl/α,β-unsaturated/α-hetero) is 1. The molecule has 0 N–H and O–H groups in total. The number of carbonyl (C=O) groups excluding carboxylic acids is 1. The van der Waals surface area contributed by atoms with Gasteiger partial charge in [-0.3, -0.25) is 4.79 Å². The largest absolute Gasteiger partial charge is 0.339 e. The van der Waals surface area contributed by atoms with Gasteiger partial charge in [0.1, 0.15) is 5.78 Å². The van der Waals surface area contributed by atoms with E-state index in [2.05, 4.69) is 17.1 Å². The zero-order valence-corrected chi connectivity index (χ0v) is 11.6. The van der Waals surface area contributed by atoms with Gasteiger partial charge in [0.25, 0.3) is 0 Å². The Morgan fingerprint density at radius 2 is 2.16 bits per heavy atom. The minimum Gasteiger partial charge on any atom is -0.339 e. The Hall–Kier alpha value is -1.19. The predicted octanol–water partition coefficient (Wildman–Crippen LogP) is 3.59. The molecule has 2 aliphatic rings. The normalized spacial score (nSPS) is 31.8. The smallest absolute Gasteiger partial charge is 0.237 e. The monoisotopic (exact) mass is 262 g/mol. The fourth-order valence-electron chi connectivity index (χ4n) is 3.48. The van der Waals surface area contributed by atoms with Crippen LogP contribution in [0.5, 0.6) is 0 Å². The molecule has 4 nitrogen and oxygen atoms in total. The SMILES string of the molecule is CCC1CCC(c2noc(C3CCCCC3=O)n2)C1. The van der Waals surface area contributed by atoms with Crippen LogP contribution in [0.3, 0.4) is 0 Å². The molecule has 1 aromatic rings. The Balaban J connectivity index is 1.71. The number of carbonyl (C=O) groups is 1. The summed E-state index contributed by atoms with van der Waals surface area (Å²) in [6, 6.07) is 0. The van der Waals surface area contributed by atoms with Crippen molar-refractivity contribution in [2.24, 2.45) is 5.92 Å². The van der Waals surface area contributed by atoms with Crippen LogP contribution in [0, 0.1) is 5.92 Å². The lowest BCUT2D eigenvalue weighted by Crippen LogP contribution is -2.17. The van der Waals surface area contributed by atoms with Crippen molar-refractivity contribution in [3.63, 3.8) is 0 Å². The second-order valence-corrected chi connectivity index (χ2v) is 6.04. The van der Waals surface area contributed by atoms with Crippen molar-refractivity contribution in [1.29, 1.82) is 0 Å². The van der Waals surface area contributed by atoms with E-state index < -0.39 is 0 Å². The molecule has 3 unspecified atom stereocenters. The van der Waals surface area contributed by atoms with E-state index in [0.29, 0.717) is 18.2 Å². The maximum atomic E-state index is 11.9. The van der Waals surface area contributed by atoms with Gasteiger partial charge in [0, 0.05) is 12.3 Å². The van der Waals surface area contributed by atoms with E-state index in [1.165, 1.54) is 19.3 Å². The lowest BCUT2D eigenvalue weighted by molar-refractivity contribution is -0.122. The van der Waals surface area contributed by atoms with E-state index in [0.717, 1.165) is 37.4 Å². The zero-order valence-electron chi connectivity index (χ0n) is 11.6. The van der Waals surface area contributed by atoms with E-state index in [4.69, 9.17) is 4.52 Å².